The first-order valence-electron chi connectivity index (χ1n) is 7.12. The third-order valence-corrected chi connectivity index (χ3v) is 4.15. The van der Waals surface area contributed by atoms with E-state index in [9.17, 15) is 0 Å². The van der Waals surface area contributed by atoms with Gasteiger partial charge in [0.1, 0.15) is 0 Å². The van der Waals surface area contributed by atoms with Gasteiger partial charge in [-0.2, -0.15) is 0 Å². The number of benzene rings is 1. The van der Waals surface area contributed by atoms with Crippen LogP contribution in [0.2, 0.25) is 0 Å². The van der Waals surface area contributed by atoms with Gasteiger partial charge in [0.05, 0.1) is 0 Å². The Kier molecular flexibility index (Phi) is 8.45. The van der Waals surface area contributed by atoms with Gasteiger partial charge in [0, 0.05) is 23.1 Å². The zero-order valence-corrected chi connectivity index (χ0v) is 12.9. The van der Waals surface area contributed by atoms with Gasteiger partial charge in [-0.1, -0.05) is 24.6 Å². The first-order chi connectivity index (χ1) is 9.26. The fraction of sp³-hybridized carbons (Fsp3) is 0.529. The van der Waals surface area contributed by atoms with E-state index in [1.165, 1.54) is 23.3 Å². The van der Waals surface area contributed by atoms with Crippen molar-refractivity contribution in [1.29, 1.82) is 0 Å². The zero-order chi connectivity index (χ0) is 13.9. The number of unbranched alkanes of at least 4 members (excludes halogenated alkanes) is 1. The summed E-state index contributed by atoms with van der Waals surface area (Å²) >= 11 is 1.94. The Morgan fingerprint density at radius 3 is 2.95 bits per heavy atom. The minimum absolute atomic E-state index is 0.568. The van der Waals surface area contributed by atoms with Gasteiger partial charge in [-0.25, -0.2) is 0 Å². The summed E-state index contributed by atoms with van der Waals surface area (Å²) in [5.41, 5.74) is 1.33. The molecule has 0 aliphatic heterocycles. The summed E-state index contributed by atoms with van der Waals surface area (Å²) in [6, 6.07) is 9.28. The van der Waals surface area contributed by atoms with Crippen molar-refractivity contribution in [3.8, 4) is 12.3 Å². The van der Waals surface area contributed by atoms with Gasteiger partial charge in [-0.3, -0.25) is 0 Å². The van der Waals surface area contributed by atoms with Crippen LogP contribution in [0.5, 0.6) is 0 Å². The lowest BCUT2D eigenvalue weighted by Gasteiger charge is -2.17. The smallest absolute Gasteiger partial charge is 0.0162 e. The van der Waals surface area contributed by atoms with E-state index in [1.807, 2.05) is 11.8 Å². The number of aryl methyl sites for hydroxylation is 1. The van der Waals surface area contributed by atoms with Crippen molar-refractivity contribution in [3.63, 3.8) is 0 Å². The Balaban J connectivity index is 2.40. The number of thioether (sulfide) groups is 1. The number of hydrogen-bond acceptors (Lipinski definition) is 2. The molecule has 0 spiro atoms. The van der Waals surface area contributed by atoms with Gasteiger partial charge >= 0.3 is 0 Å². The summed E-state index contributed by atoms with van der Waals surface area (Å²) in [6.07, 6.45) is 9.68. The summed E-state index contributed by atoms with van der Waals surface area (Å²) in [7, 11) is 0. The lowest BCUT2D eigenvalue weighted by Crippen LogP contribution is -2.31. The molecule has 0 heterocycles. The van der Waals surface area contributed by atoms with E-state index in [1.54, 1.807) is 0 Å². The monoisotopic (exact) mass is 275 g/mol. The van der Waals surface area contributed by atoms with E-state index >= 15 is 0 Å². The summed E-state index contributed by atoms with van der Waals surface area (Å²) in [5, 5.41) is 3.62. The average Bonchev–Trinajstić information content (AvgIpc) is 2.41. The predicted molar refractivity (Wildman–Crippen MR) is 86.7 cm³/mol. The summed E-state index contributed by atoms with van der Waals surface area (Å²) in [5.74, 6) is 3.84. The Labute approximate surface area is 122 Å². The number of hydrogen-bond donors (Lipinski definition) is 1. The number of nitrogens with one attached hydrogen (secondary N) is 1. The molecule has 0 aromatic heterocycles. The maximum atomic E-state index is 5.32. The normalized spacial score (nSPS) is 12.1. The highest BCUT2D eigenvalue weighted by Crippen LogP contribution is 2.21. The van der Waals surface area contributed by atoms with Crippen LogP contribution in [0.1, 0.15) is 38.2 Å². The fourth-order valence-corrected chi connectivity index (χ4v) is 3.07. The van der Waals surface area contributed by atoms with Crippen molar-refractivity contribution in [2.75, 3.05) is 12.3 Å². The van der Waals surface area contributed by atoms with Crippen molar-refractivity contribution in [3.05, 3.63) is 29.8 Å². The van der Waals surface area contributed by atoms with E-state index in [0.717, 1.165) is 25.1 Å². The second kappa shape index (κ2) is 9.95. The first kappa shape index (κ1) is 16.1. The molecule has 0 aliphatic rings. The third-order valence-electron chi connectivity index (χ3n) is 3.00. The highest BCUT2D eigenvalue weighted by molar-refractivity contribution is 7.99. The summed E-state index contributed by atoms with van der Waals surface area (Å²) < 4.78 is 0. The quantitative estimate of drug-likeness (QED) is 0.410. The zero-order valence-electron chi connectivity index (χ0n) is 12.1. The first-order valence-corrected chi connectivity index (χ1v) is 8.11. The molecule has 1 nitrogen and oxygen atoms in total. The van der Waals surface area contributed by atoms with Gasteiger partial charge in [0.25, 0.3) is 0 Å². The molecule has 0 radical (unpaired) electrons. The highest BCUT2D eigenvalue weighted by atomic mass is 32.2. The molecule has 1 aromatic rings. The van der Waals surface area contributed by atoms with E-state index in [2.05, 4.69) is 49.4 Å². The second-order valence-electron chi connectivity index (χ2n) is 4.87. The van der Waals surface area contributed by atoms with Crippen molar-refractivity contribution >= 4 is 11.8 Å². The SMILES string of the molecule is C#CCCCC(CSc1cccc(C)c1)NCCC. The highest BCUT2D eigenvalue weighted by Gasteiger charge is 2.08. The molecule has 104 valence electrons. The van der Waals surface area contributed by atoms with Crippen LogP contribution >= 0.6 is 11.8 Å². The molecule has 0 fully saturated rings. The topological polar surface area (TPSA) is 12.0 Å². The van der Waals surface area contributed by atoms with E-state index in [4.69, 9.17) is 6.42 Å². The molecule has 1 N–H and O–H groups in total. The lowest BCUT2D eigenvalue weighted by atomic mass is 10.1. The molecule has 1 unspecified atom stereocenters. The molecule has 0 amide bonds. The lowest BCUT2D eigenvalue weighted by molar-refractivity contribution is 0.508. The summed E-state index contributed by atoms with van der Waals surface area (Å²) in [4.78, 5) is 1.36. The van der Waals surface area contributed by atoms with Crippen LogP contribution in [0, 0.1) is 19.3 Å². The van der Waals surface area contributed by atoms with Crippen LogP contribution < -0.4 is 5.32 Å². The van der Waals surface area contributed by atoms with Gasteiger partial charge in [-0.15, -0.1) is 24.1 Å². The molecule has 2 heteroatoms. The molecule has 19 heavy (non-hydrogen) atoms. The van der Waals surface area contributed by atoms with Crippen LogP contribution in [0.4, 0.5) is 0 Å². The molecule has 1 rings (SSSR count). The van der Waals surface area contributed by atoms with E-state index in [-0.39, 0.29) is 0 Å². The Bertz CT molecular complexity index is 394. The van der Waals surface area contributed by atoms with Crippen LogP contribution in [-0.4, -0.2) is 18.3 Å². The van der Waals surface area contributed by atoms with Crippen molar-refractivity contribution in [2.24, 2.45) is 0 Å². The molecule has 1 atom stereocenters. The second-order valence-corrected chi connectivity index (χ2v) is 5.97. The standard InChI is InChI=1S/C17H25NS/c1-4-6-7-10-16(18-12-5-2)14-19-17-11-8-9-15(3)13-17/h1,8-9,11,13,16,18H,5-7,10,12,14H2,2-3H3. The molecule has 0 aliphatic carbocycles. The molecule has 1 aromatic carbocycles. The fourth-order valence-electron chi connectivity index (χ4n) is 1.95. The van der Waals surface area contributed by atoms with Gasteiger partial charge in [-0.05, 0) is 44.9 Å². The Hall–Kier alpha value is -0.910. The van der Waals surface area contributed by atoms with Crippen LogP contribution in [0.3, 0.4) is 0 Å². The molecule has 0 saturated heterocycles. The average molecular weight is 275 g/mol. The summed E-state index contributed by atoms with van der Waals surface area (Å²) in [6.45, 7) is 5.44. The maximum absolute atomic E-state index is 5.32. The van der Waals surface area contributed by atoms with E-state index < -0.39 is 0 Å². The minimum atomic E-state index is 0.568. The van der Waals surface area contributed by atoms with Gasteiger partial charge in [0.2, 0.25) is 0 Å². The molecular formula is C17H25NS. The predicted octanol–water partition coefficient (Wildman–Crippen LogP) is 4.26. The Morgan fingerprint density at radius 2 is 2.26 bits per heavy atom. The largest absolute Gasteiger partial charge is 0.313 e. The maximum Gasteiger partial charge on any atom is 0.0162 e. The number of rotatable bonds is 9. The molecule has 0 bridgehead atoms. The van der Waals surface area contributed by atoms with Crippen LogP contribution in [0.25, 0.3) is 0 Å². The Morgan fingerprint density at radius 1 is 1.42 bits per heavy atom. The van der Waals surface area contributed by atoms with Gasteiger partial charge in [0.15, 0.2) is 0 Å². The van der Waals surface area contributed by atoms with E-state index in [0.29, 0.717) is 6.04 Å². The molecule has 0 saturated carbocycles. The van der Waals surface area contributed by atoms with Crippen molar-refractivity contribution in [1.82, 2.24) is 5.32 Å². The van der Waals surface area contributed by atoms with Crippen LogP contribution in [-0.2, 0) is 0 Å². The van der Waals surface area contributed by atoms with Crippen molar-refractivity contribution < 1.29 is 0 Å². The van der Waals surface area contributed by atoms with Crippen LogP contribution in [0.15, 0.2) is 29.2 Å². The molecular weight excluding hydrogens is 250 g/mol. The number of terminal acetylenes is 1. The minimum Gasteiger partial charge on any atom is -0.313 e. The van der Waals surface area contributed by atoms with Gasteiger partial charge < -0.3 is 5.32 Å². The van der Waals surface area contributed by atoms with Crippen molar-refractivity contribution in [2.45, 2.75) is 50.5 Å². The third kappa shape index (κ3) is 7.30.